The maximum atomic E-state index is 3.63. The summed E-state index contributed by atoms with van der Waals surface area (Å²) < 4.78 is 0. The van der Waals surface area contributed by atoms with Crippen LogP contribution in [0.1, 0.15) is 46.5 Å². The van der Waals surface area contributed by atoms with Gasteiger partial charge < -0.3 is 5.32 Å². The number of nitrogens with one attached hydrogen (secondary N) is 1. The van der Waals surface area contributed by atoms with Gasteiger partial charge in [0.2, 0.25) is 0 Å². The zero-order chi connectivity index (χ0) is 13.0. The number of rotatable bonds is 6. The van der Waals surface area contributed by atoms with E-state index in [0.29, 0.717) is 6.04 Å². The Balaban J connectivity index is 1.85. The minimum Gasteiger partial charge on any atom is -0.313 e. The fraction of sp³-hybridized carbons (Fsp3) is 1.00. The molecule has 2 saturated heterocycles. The van der Waals surface area contributed by atoms with Gasteiger partial charge in [-0.25, -0.2) is 0 Å². The molecule has 0 aromatic carbocycles. The van der Waals surface area contributed by atoms with Crippen molar-refractivity contribution >= 4 is 0 Å². The van der Waals surface area contributed by atoms with Crippen LogP contribution in [0, 0.1) is 0 Å². The summed E-state index contributed by atoms with van der Waals surface area (Å²) in [6.45, 7) is 13.2. The minimum atomic E-state index is 0.608. The first kappa shape index (κ1) is 14.3. The van der Waals surface area contributed by atoms with E-state index in [2.05, 4.69) is 35.9 Å². The average Bonchev–Trinajstić information content (AvgIpc) is 2.81. The predicted molar refractivity (Wildman–Crippen MR) is 78.0 cm³/mol. The van der Waals surface area contributed by atoms with Crippen molar-refractivity contribution in [2.24, 2.45) is 0 Å². The Hall–Kier alpha value is -0.120. The minimum absolute atomic E-state index is 0.608. The highest BCUT2D eigenvalue weighted by Crippen LogP contribution is 2.23. The van der Waals surface area contributed by atoms with Gasteiger partial charge in [0, 0.05) is 44.3 Å². The molecule has 3 heteroatoms. The molecule has 0 aromatic heterocycles. The zero-order valence-electron chi connectivity index (χ0n) is 12.5. The molecular formula is C15H31N3. The molecule has 2 aliphatic rings. The lowest BCUT2D eigenvalue weighted by Crippen LogP contribution is -2.55. The third kappa shape index (κ3) is 3.69. The molecule has 18 heavy (non-hydrogen) atoms. The van der Waals surface area contributed by atoms with Gasteiger partial charge >= 0.3 is 0 Å². The summed E-state index contributed by atoms with van der Waals surface area (Å²) in [5, 5.41) is 3.63. The zero-order valence-corrected chi connectivity index (χ0v) is 12.5. The SMILES string of the molecule is CCCC(CNC(C)C)N1CCN2CCCC2C1. The van der Waals surface area contributed by atoms with Crippen molar-refractivity contribution in [2.45, 2.75) is 64.6 Å². The highest BCUT2D eigenvalue weighted by molar-refractivity contribution is 4.89. The Morgan fingerprint density at radius 3 is 2.78 bits per heavy atom. The molecule has 0 spiro atoms. The molecule has 1 N–H and O–H groups in total. The highest BCUT2D eigenvalue weighted by Gasteiger charge is 2.32. The van der Waals surface area contributed by atoms with Crippen LogP contribution in [-0.2, 0) is 0 Å². The fourth-order valence-electron chi connectivity index (χ4n) is 3.47. The normalized spacial score (nSPS) is 27.7. The van der Waals surface area contributed by atoms with Gasteiger partial charge in [-0.15, -0.1) is 0 Å². The quantitative estimate of drug-likeness (QED) is 0.780. The standard InChI is InChI=1S/C15H31N3/c1-4-6-14(11-16-13(2)3)18-10-9-17-8-5-7-15(17)12-18/h13-16H,4-12H2,1-3H3. The van der Waals surface area contributed by atoms with E-state index in [1.807, 2.05) is 0 Å². The predicted octanol–water partition coefficient (Wildman–Crippen LogP) is 1.93. The molecule has 0 aromatic rings. The Labute approximate surface area is 113 Å². The molecule has 0 bridgehead atoms. The van der Waals surface area contributed by atoms with Gasteiger partial charge in [0.05, 0.1) is 0 Å². The topological polar surface area (TPSA) is 18.5 Å². The second kappa shape index (κ2) is 6.88. The third-order valence-electron chi connectivity index (χ3n) is 4.52. The maximum absolute atomic E-state index is 3.63. The van der Waals surface area contributed by atoms with Crippen LogP contribution in [0.4, 0.5) is 0 Å². The molecule has 0 aliphatic carbocycles. The van der Waals surface area contributed by atoms with Crippen LogP contribution in [0.15, 0.2) is 0 Å². The molecule has 2 unspecified atom stereocenters. The average molecular weight is 253 g/mol. The van der Waals surface area contributed by atoms with Crippen LogP contribution in [-0.4, -0.2) is 60.6 Å². The largest absolute Gasteiger partial charge is 0.313 e. The third-order valence-corrected chi connectivity index (χ3v) is 4.52. The van der Waals surface area contributed by atoms with Crippen LogP contribution in [0.2, 0.25) is 0 Å². The summed E-state index contributed by atoms with van der Waals surface area (Å²) in [4.78, 5) is 5.46. The Kier molecular flexibility index (Phi) is 5.46. The number of piperazine rings is 1. The molecule has 0 amide bonds. The van der Waals surface area contributed by atoms with Crippen molar-refractivity contribution in [1.29, 1.82) is 0 Å². The lowest BCUT2D eigenvalue weighted by atomic mass is 10.1. The summed E-state index contributed by atoms with van der Waals surface area (Å²) in [6.07, 6.45) is 5.48. The lowest BCUT2D eigenvalue weighted by molar-refractivity contribution is 0.0669. The van der Waals surface area contributed by atoms with Gasteiger partial charge in [0.15, 0.2) is 0 Å². The second-order valence-corrected chi connectivity index (χ2v) is 6.33. The van der Waals surface area contributed by atoms with Crippen molar-refractivity contribution in [3.8, 4) is 0 Å². The molecule has 2 heterocycles. The first-order chi connectivity index (χ1) is 8.70. The fourth-order valence-corrected chi connectivity index (χ4v) is 3.47. The Morgan fingerprint density at radius 1 is 1.22 bits per heavy atom. The van der Waals surface area contributed by atoms with Crippen LogP contribution >= 0.6 is 0 Å². The van der Waals surface area contributed by atoms with Crippen LogP contribution in [0.3, 0.4) is 0 Å². The van der Waals surface area contributed by atoms with Gasteiger partial charge in [-0.05, 0) is 25.8 Å². The van der Waals surface area contributed by atoms with Crippen LogP contribution < -0.4 is 5.32 Å². The van der Waals surface area contributed by atoms with Crippen molar-refractivity contribution in [3.05, 3.63) is 0 Å². The molecule has 0 saturated carbocycles. The van der Waals surface area contributed by atoms with E-state index in [1.54, 1.807) is 0 Å². The van der Waals surface area contributed by atoms with E-state index in [4.69, 9.17) is 0 Å². The summed E-state index contributed by atoms with van der Waals surface area (Å²) in [6, 6.07) is 2.22. The number of hydrogen-bond acceptors (Lipinski definition) is 3. The van der Waals surface area contributed by atoms with E-state index >= 15 is 0 Å². The summed E-state index contributed by atoms with van der Waals surface area (Å²) in [5.41, 5.74) is 0. The van der Waals surface area contributed by atoms with Crippen molar-refractivity contribution in [1.82, 2.24) is 15.1 Å². The Bertz CT molecular complexity index is 242. The molecule has 2 aliphatic heterocycles. The molecule has 2 atom stereocenters. The van der Waals surface area contributed by atoms with Crippen molar-refractivity contribution < 1.29 is 0 Å². The van der Waals surface area contributed by atoms with Crippen molar-refractivity contribution in [2.75, 3.05) is 32.7 Å². The molecule has 3 nitrogen and oxygen atoms in total. The molecular weight excluding hydrogens is 222 g/mol. The van der Waals surface area contributed by atoms with E-state index < -0.39 is 0 Å². The smallest absolute Gasteiger partial charge is 0.0224 e. The van der Waals surface area contributed by atoms with Gasteiger partial charge in [-0.1, -0.05) is 27.2 Å². The number of nitrogens with zero attached hydrogens (tertiary/aromatic N) is 2. The van der Waals surface area contributed by atoms with Gasteiger partial charge in [0.1, 0.15) is 0 Å². The maximum Gasteiger partial charge on any atom is 0.0224 e. The molecule has 106 valence electrons. The highest BCUT2D eigenvalue weighted by atomic mass is 15.3. The number of fused-ring (bicyclic) bond motifs is 1. The van der Waals surface area contributed by atoms with Gasteiger partial charge in [0.25, 0.3) is 0 Å². The van der Waals surface area contributed by atoms with E-state index in [9.17, 15) is 0 Å². The first-order valence-corrected chi connectivity index (χ1v) is 7.92. The summed E-state index contributed by atoms with van der Waals surface area (Å²) in [7, 11) is 0. The second-order valence-electron chi connectivity index (χ2n) is 6.33. The lowest BCUT2D eigenvalue weighted by Gasteiger charge is -2.42. The number of hydrogen-bond donors (Lipinski definition) is 1. The van der Waals surface area contributed by atoms with Gasteiger partial charge in [-0.2, -0.15) is 0 Å². The summed E-state index contributed by atoms with van der Waals surface area (Å²) in [5.74, 6) is 0. The molecule has 2 fully saturated rings. The van der Waals surface area contributed by atoms with E-state index in [-0.39, 0.29) is 0 Å². The van der Waals surface area contributed by atoms with Crippen LogP contribution in [0.5, 0.6) is 0 Å². The summed E-state index contributed by atoms with van der Waals surface area (Å²) >= 11 is 0. The van der Waals surface area contributed by atoms with Crippen LogP contribution in [0.25, 0.3) is 0 Å². The molecule has 0 radical (unpaired) electrons. The first-order valence-electron chi connectivity index (χ1n) is 7.92. The van der Waals surface area contributed by atoms with E-state index in [0.717, 1.165) is 18.6 Å². The van der Waals surface area contributed by atoms with Gasteiger partial charge in [-0.3, -0.25) is 9.80 Å². The monoisotopic (exact) mass is 253 g/mol. The molecule has 2 rings (SSSR count). The van der Waals surface area contributed by atoms with Crippen molar-refractivity contribution in [3.63, 3.8) is 0 Å². The Morgan fingerprint density at radius 2 is 2.06 bits per heavy atom. The van der Waals surface area contributed by atoms with E-state index in [1.165, 1.54) is 51.9 Å².